The lowest BCUT2D eigenvalue weighted by Crippen LogP contribution is -2.29. The minimum absolute atomic E-state index is 0.0423. The average Bonchev–Trinajstić information content (AvgIpc) is 3.45. The highest BCUT2D eigenvalue weighted by atomic mass is 16.5. The fourth-order valence-electron chi connectivity index (χ4n) is 6.41. The van der Waals surface area contributed by atoms with E-state index in [0.29, 0.717) is 22.3 Å². The summed E-state index contributed by atoms with van der Waals surface area (Å²) in [4.78, 5) is 50.1. The Kier molecular flexibility index (Phi) is 11.6. The first-order valence-electron chi connectivity index (χ1n) is 17.3. The molecule has 0 N–H and O–H groups in total. The highest BCUT2D eigenvalue weighted by molar-refractivity contribution is 5.89. The van der Waals surface area contributed by atoms with Crippen molar-refractivity contribution < 1.29 is 38.1 Å². The van der Waals surface area contributed by atoms with E-state index in [9.17, 15) is 19.2 Å². The first kappa shape index (κ1) is 38.2. The van der Waals surface area contributed by atoms with Crippen molar-refractivity contribution >= 4 is 23.9 Å². The normalized spacial score (nSPS) is 12.3. The quantitative estimate of drug-likeness (QED) is 0.0641. The van der Waals surface area contributed by atoms with Crippen molar-refractivity contribution in [3.63, 3.8) is 0 Å². The summed E-state index contributed by atoms with van der Waals surface area (Å²) in [6, 6.07) is 28.1. The predicted octanol–water partition coefficient (Wildman–Crippen LogP) is 8.61. The van der Waals surface area contributed by atoms with Crippen LogP contribution in [0.25, 0.3) is 11.1 Å². The van der Waals surface area contributed by atoms with Gasteiger partial charge in [0, 0.05) is 16.7 Å². The molecule has 4 aromatic carbocycles. The maximum atomic E-state index is 12.7. The fraction of sp³-hybridized carbons (Fsp3) is 0.244. The molecule has 8 nitrogen and oxygen atoms in total. The van der Waals surface area contributed by atoms with Crippen LogP contribution in [0.3, 0.4) is 0 Å². The van der Waals surface area contributed by atoms with E-state index in [-0.39, 0.29) is 55.0 Å². The number of carbonyl (C=O) groups is 4. The van der Waals surface area contributed by atoms with Gasteiger partial charge in [0.05, 0.1) is 11.3 Å². The van der Waals surface area contributed by atoms with E-state index < -0.39 is 23.3 Å². The number of ether oxygens (including phenoxy) is 4. The summed E-state index contributed by atoms with van der Waals surface area (Å²) < 4.78 is 22.5. The van der Waals surface area contributed by atoms with Crippen molar-refractivity contribution in [2.24, 2.45) is 5.92 Å². The molecule has 0 saturated heterocycles. The maximum Gasteiger partial charge on any atom is 0.333 e. The van der Waals surface area contributed by atoms with Gasteiger partial charge in [0.25, 0.3) is 0 Å². The maximum absolute atomic E-state index is 12.7. The molecule has 0 heterocycles. The summed E-state index contributed by atoms with van der Waals surface area (Å²) in [5.74, 6) is -2.30. The Morgan fingerprint density at radius 2 is 0.887 bits per heavy atom. The second-order valence-corrected chi connectivity index (χ2v) is 13.6. The van der Waals surface area contributed by atoms with Crippen LogP contribution in [0.4, 0.5) is 0 Å². The SMILES string of the molecule is C=C(C)C(=O)OCc1ccc(C2(c3ccc(COC(=O)C(=C)C)c(COC(=O)C(C)C)c3)c3ccccc3-c3ccccc32)cc1COC(=O)C(=C)C. The molecule has 0 aliphatic heterocycles. The molecule has 0 unspecified atom stereocenters. The van der Waals surface area contributed by atoms with Crippen LogP contribution in [0.5, 0.6) is 0 Å². The molecule has 8 heteroatoms. The summed E-state index contributed by atoms with van der Waals surface area (Å²) in [5, 5.41) is 0. The Morgan fingerprint density at radius 1 is 0.528 bits per heavy atom. The number of rotatable bonds is 14. The molecule has 0 saturated carbocycles. The fourth-order valence-corrected chi connectivity index (χ4v) is 6.41. The molecule has 0 aromatic heterocycles. The zero-order chi connectivity index (χ0) is 38.4. The van der Waals surface area contributed by atoms with Gasteiger partial charge in [0.2, 0.25) is 0 Å². The molecular formula is C45H44O8. The lowest BCUT2D eigenvalue weighted by atomic mass is 9.67. The van der Waals surface area contributed by atoms with E-state index in [4.69, 9.17) is 18.9 Å². The van der Waals surface area contributed by atoms with Gasteiger partial charge in [-0.1, -0.05) is 119 Å². The van der Waals surface area contributed by atoms with Gasteiger partial charge in [0.1, 0.15) is 26.4 Å². The van der Waals surface area contributed by atoms with Gasteiger partial charge in [-0.3, -0.25) is 4.79 Å². The summed E-state index contributed by atoms with van der Waals surface area (Å²) in [6.07, 6.45) is 0. The third kappa shape index (κ3) is 7.92. The third-order valence-electron chi connectivity index (χ3n) is 9.19. The van der Waals surface area contributed by atoms with E-state index in [2.05, 4.69) is 44.0 Å². The molecule has 53 heavy (non-hydrogen) atoms. The number of esters is 4. The van der Waals surface area contributed by atoms with Crippen LogP contribution < -0.4 is 0 Å². The largest absolute Gasteiger partial charge is 0.461 e. The number of hydrogen-bond acceptors (Lipinski definition) is 8. The highest BCUT2D eigenvalue weighted by Crippen LogP contribution is 2.56. The molecule has 0 fully saturated rings. The summed E-state index contributed by atoms with van der Waals surface area (Å²) in [5.41, 5.74) is 8.38. The summed E-state index contributed by atoms with van der Waals surface area (Å²) in [7, 11) is 0. The molecule has 272 valence electrons. The molecule has 0 spiro atoms. The minimum Gasteiger partial charge on any atom is -0.461 e. The minimum atomic E-state index is -0.906. The Morgan fingerprint density at radius 3 is 1.26 bits per heavy atom. The third-order valence-corrected chi connectivity index (χ3v) is 9.19. The van der Waals surface area contributed by atoms with E-state index in [1.807, 2.05) is 60.7 Å². The Balaban J connectivity index is 1.75. The van der Waals surface area contributed by atoms with Crippen LogP contribution >= 0.6 is 0 Å². The lowest BCUT2D eigenvalue weighted by Gasteiger charge is -2.35. The highest BCUT2D eigenvalue weighted by Gasteiger charge is 2.46. The predicted molar refractivity (Wildman–Crippen MR) is 202 cm³/mol. The van der Waals surface area contributed by atoms with Gasteiger partial charge >= 0.3 is 23.9 Å². The topological polar surface area (TPSA) is 105 Å². The number of carbonyl (C=O) groups excluding carboxylic acids is 4. The molecule has 4 aromatic rings. The van der Waals surface area contributed by atoms with E-state index >= 15 is 0 Å². The van der Waals surface area contributed by atoms with Crippen molar-refractivity contribution in [2.45, 2.75) is 66.5 Å². The van der Waals surface area contributed by atoms with E-state index in [1.54, 1.807) is 34.6 Å². The number of hydrogen-bond donors (Lipinski definition) is 0. The summed E-state index contributed by atoms with van der Waals surface area (Å²) in [6.45, 7) is 19.1. The van der Waals surface area contributed by atoms with Crippen LogP contribution in [0.15, 0.2) is 121 Å². The number of benzene rings is 4. The van der Waals surface area contributed by atoms with E-state index in [1.165, 1.54) is 0 Å². The molecule has 1 aliphatic carbocycles. The van der Waals surface area contributed by atoms with Crippen molar-refractivity contribution in [1.29, 1.82) is 0 Å². The number of fused-ring (bicyclic) bond motifs is 3. The van der Waals surface area contributed by atoms with Crippen molar-refractivity contribution in [3.05, 3.63) is 166 Å². The smallest absolute Gasteiger partial charge is 0.333 e. The first-order valence-corrected chi connectivity index (χ1v) is 17.3. The summed E-state index contributed by atoms with van der Waals surface area (Å²) >= 11 is 0. The Labute approximate surface area is 310 Å². The van der Waals surface area contributed by atoms with Crippen LogP contribution in [-0.4, -0.2) is 23.9 Å². The van der Waals surface area contributed by atoms with Crippen molar-refractivity contribution in [3.8, 4) is 11.1 Å². The Hall–Kier alpha value is -6.02. The van der Waals surface area contributed by atoms with E-state index in [0.717, 1.165) is 33.4 Å². The van der Waals surface area contributed by atoms with Crippen LogP contribution in [0.1, 0.15) is 79.1 Å². The molecule has 0 radical (unpaired) electrons. The first-order chi connectivity index (χ1) is 25.2. The zero-order valence-corrected chi connectivity index (χ0v) is 30.9. The van der Waals surface area contributed by atoms with Crippen molar-refractivity contribution in [1.82, 2.24) is 0 Å². The van der Waals surface area contributed by atoms with Crippen LogP contribution in [-0.2, 0) is 70.0 Å². The molecular weight excluding hydrogens is 668 g/mol. The molecule has 5 rings (SSSR count). The Bertz CT molecular complexity index is 2090. The van der Waals surface area contributed by atoms with Crippen molar-refractivity contribution in [2.75, 3.05) is 0 Å². The molecule has 0 bridgehead atoms. The molecule has 0 atom stereocenters. The second-order valence-electron chi connectivity index (χ2n) is 13.6. The molecule has 0 amide bonds. The lowest BCUT2D eigenvalue weighted by molar-refractivity contribution is -0.149. The van der Waals surface area contributed by atoms with Gasteiger partial charge in [0.15, 0.2) is 0 Å². The monoisotopic (exact) mass is 712 g/mol. The molecule has 1 aliphatic rings. The van der Waals surface area contributed by atoms with Gasteiger partial charge in [-0.15, -0.1) is 0 Å². The van der Waals surface area contributed by atoms with Gasteiger partial charge in [-0.25, -0.2) is 14.4 Å². The van der Waals surface area contributed by atoms with Crippen LogP contribution in [0.2, 0.25) is 0 Å². The second kappa shape index (κ2) is 16.1. The van der Waals surface area contributed by atoms with Crippen LogP contribution in [0, 0.1) is 5.92 Å². The van der Waals surface area contributed by atoms with Gasteiger partial charge < -0.3 is 18.9 Å². The van der Waals surface area contributed by atoms with Gasteiger partial charge in [-0.2, -0.15) is 0 Å². The standard InChI is InChI=1S/C45H44O8/c1-27(2)41(46)50-23-31-17-19-35(21-33(31)25-52-43(48)29(5)6)45(39-15-11-9-13-37(39)38-14-10-12-16-40(38)45)36-20-18-32(24-51-42(47)28(3)4)34(22-36)26-53-44(49)30(7)8/h9-22,30H,1,3,5,23-26H2,2,4,6-8H3. The van der Waals surface area contributed by atoms with Gasteiger partial charge in [-0.05, 0) is 76.4 Å². The average molecular weight is 713 g/mol. The zero-order valence-electron chi connectivity index (χ0n) is 30.9.